The van der Waals surface area contributed by atoms with E-state index in [9.17, 15) is 14.4 Å². The third-order valence-corrected chi connectivity index (χ3v) is 7.00. The number of halogens is 3. The molecular weight excluding hydrogens is 575 g/mol. The van der Waals surface area contributed by atoms with Crippen LogP contribution in [0.5, 0.6) is 5.75 Å². The summed E-state index contributed by atoms with van der Waals surface area (Å²) in [6.07, 6.45) is 1.60. The van der Waals surface area contributed by atoms with Gasteiger partial charge in [0.05, 0.1) is 9.38 Å². The molecule has 0 unspecified atom stereocenters. The maximum Gasteiger partial charge on any atom is 0.294 e. The molecule has 10 heteroatoms. The number of rotatable bonds is 7. The Balaban J connectivity index is 1.40. The standard InChI is InChI=1S/C25H17BrCl2N2O4S/c26-19-10-15(6-9-21(19)34-14-16-7-8-17(27)12-20(16)28)11-22-24(32)30(25(33)35-22)13-23(31)29-18-4-2-1-3-5-18/h1-12H,13-14H2,(H,29,31)/b22-11-. The van der Waals surface area contributed by atoms with E-state index in [2.05, 4.69) is 21.2 Å². The van der Waals surface area contributed by atoms with E-state index in [1.807, 2.05) is 6.07 Å². The van der Waals surface area contributed by atoms with Gasteiger partial charge in [-0.05, 0) is 75.7 Å². The van der Waals surface area contributed by atoms with Crippen molar-refractivity contribution in [2.24, 2.45) is 0 Å². The van der Waals surface area contributed by atoms with Gasteiger partial charge in [0.15, 0.2) is 0 Å². The first kappa shape index (κ1) is 25.3. The molecule has 0 radical (unpaired) electrons. The minimum atomic E-state index is -0.517. The number of hydrogen-bond donors (Lipinski definition) is 1. The quantitative estimate of drug-likeness (QED) is 0.299. The van der Waals surface area contributed by atoms with Crippen LogP contribution in [0.4, 0.5) is 10.5 Å². The number of carbonyl (C=O) groups is 3. The van der Waals surface area contributed by atoms with Crippen LogP contribution < -0.4 is 10.1 Å². The van der Waals surface area contributed by atoms with Crippen LogP contribution in [0.15, 0.2) is 76.1 Å². The lowest BCUT2D eigenvalue weighted by Crippen LogP contribution is -2.36. The van der Waals surface area contributed by atoms with E-state index in [4.69, 9.17) is 27.9 Å². The van der Waals surface area contributed by atoms with Crippen molar-refractivity contribution in [3.8, 4) is 5.75 Å². The van der Waals surface area contributed by atoms with Gasteiger partial charge < -0.3 is 10.1 Å². The highest BCUT2D eigenvalue weighted by Crippen LogP contribution is 2.34. The molecule has 0 saturated carbocycles. The summed E-state index contributed by atoms with van der Waals surface area (Å²) in [5.74, 6) is -0.388. The topological polar surface area (TPSA) is 75.7 Å². The average Bonchev–Trinajstić information content (AvgIpc) is 3.07. The number of nitrogens with zero attached hydrogens (tertiary/aromatic N) is 1. The predicted molar refractivity (Wildman–Crippen MR) is 143 cm³/mol. The SMILES string of the molecule is O=C(CN1C(=O)S/C(=C\c2ccc(OCc3ccc(Cl)cc3Cl)c(Br)c2)C1=O)Nc1ccccc1. The van der Waals surface area contributed by atoms with Crippen molar-refractivity contribution in [2.45, 2.75) is 6.61 Å². The van der Waals surface area contributed by atoms with Gasteiger partial charge >= 0.3 is 0 Å². The van der Waals surface area contributed by atoms with Gasteiger partial charge in [-0.1, -0.05) is 53.5 Å². The maximum atomic E-state index is 12.8. The van der Waals surface area contributed by atoms with Gasteiger partial charge in [-0.2, -0.15) is 0 Å². The summed E-state index contributed by atoms with van der Waals surface area (Å²) in [5.41, 5.74) is 2.07. The number of thioether (sulfide) groups is 1. The van der Waals surface area contributed by atoms with Crippen LogP contribution in [0.2, 0.25) is 10.0 Å². The van der Waals surface area contributed by atoms with E-state index in [0.29, 0.717) is 31.5 Å². The van der Waals surface area contributed by atoms with E-state index in [1.54, 1.807) is 66.7 Å². The second kappa shape index (κ2) is 11.3. The van der Waals surface area contributed by atoms with Crippen molar-refractivity contribution < 1.29 is 19.1 Å². The van der Waals surface area contributed by atoms with E-state index < -0.39 is 17.1 Å². The Morgan fingerprint density at radius 3 is 2.54 bits per heavy atom. The molecule has 0 aromatic heterocycles. The highest BCUT2D eigenvalue weighted by atomic mass is 79.9. The maximum absolute atomic E-state index is 12.8. The fourth-order valence-electron chi connectivity index (χ4n) is 3.17. The van der Waals surface area contributed by atoms with E-state index in [0.717, 1.165) is 22.2 Å². The van der Waals surface area contributed by atoms with Crippen LogP contribution >= 0.6 is 50.9 Å². The minimum Gasteiger partial charge on any atom is -0.488 e. The molecule has 1 heterocycles. The summed E-state index contributed by atoms with van der Waals surface area (Å²) in [6, 6.07) is 19.3. The lowest BCUT2D eigenvalue weighted by Gasteiger charge is -2.12. The molecule has 3 amide bonds. The number of hydrogen-bond acceptors (Lipinski definition) is 5. The lowest BCUT2D eigenvalue weighted by molar-refractivity contribution is -0.127. The number of anilines is 1. The van der Waals surface area contributed by atoms with Crippen LogP contribution in [0.25, 0.3) is 6.08 Å². The molecule has 0 atom stereocenters. The molecule has 178 valence electrons. The van der Waals surface area contributed by atoms with Crippen LogP contribution in [0.3, 0.4) is 0 Å². The van der Waals surface area contributed by atoms with Crippen LogP contribution in [-0.4, -0.2) is 28.5 Å². The summed E-state index contributed by atoms with van der Waals surface area (Å²) >= 11 is 16.4. The first-order valence-electron chi connectivity index (χ1n) is 10.3. The second-order valence-electron chi connectivity index (χ2n) is 7.40. The fraction of sp³-hybridized carbons (Fsp3) is 0.0800. The second-order valence-corrected chi connectivity index (χ2v) is 10.1. The highest BCUT2D eigenvalue weighted by molar-refractivity contribution is 9.10. The van der Waals surface area contributed by atoms with Crippen molar-refractivity contribution in [2.75, 3.05) is 11.9 Å². The number of amides is 3. The number of imide groups is 1. The molecule has 1 aliphatic rings. The van der Waals surface area contributed by atoms with Crippen molar-refractivity contribution in [3.05, 3.63) is 97.3 Å². The zero-order valence-corrected chi connectivity index (χ0v) is 21.9. The van der Waals surface area contributed by atoms with Gasteiger partial charge in [-0.15, -0.1) is 0 Å². The molecule has 0 aliphatic carbocycles. The first-order valence-corrected chi connectivity index (χ1v) is 12.6. The molecular formula is C25H17BrCl2N2O4S. The molecule has 0 spiro atoms. The predicted octanol–water partition coefficient (Wildman–Crippen LogP) is 7.01. The van der Waals surface area contributed by atoms with Gasteiger partial charge in [0.2, 0.25) is 5.91 Å². The van der Waals surface area contributed by atoms with E-state index >= 15 is 0 Å². The molecule has 1 N–H and O–H groups in total. The third kappa shape index (κ3) is 6.46. The van der Waals surface area contributed by atoms with Gasteiger partial charge in [0, 0.05) is 21.3 Å². The molecule has 3 aromatic carbocycles. The lowest BCUT2D eigenvalue weighted by atomic mass is 10.2. The largest absolute Gasteiger partial charge is 0.488 e. The monoisotopic (exact) mass is 590 g/mol. The number of para-hydroxylation sites is 1. The Kier molecular flexibility index (Phi) is 8.18. The van der Waals surface area contributed by atoms with Gasteiger partial charge in [0.25, 0.3) is 11.1 Å². The van der Waals surface area contributed by atoms with Crippen molar-refractivity contribution in [1.82, 2.24) is 4.90 Å². The van der Waals surface area contributed by atoms with Crippen molar-refractivity contribution in [1.29, 1.82) is 0 Å². The van der Waals surface area contributed by atoms with Crippen molar-refractivity contribution in [3.63, 3.8) is 0 Å². The smallest absolute Gasteiger partial charge is 0.294 e. The zero-order chi connectivity index (χ0) is 24.9. The Morgan fingerprint density at radius 1 is 1.06 bits per heavy atom. The summed E-state index contributed by atoms with van der Waals surface area (Å²) in [5, 5.41) is 3.23. The highest BCUT2D eigenvalue weighted by Gasteiger charge is 2.36. The molecule has 0 bridgehead atoms. The molecule has 1 fully saturated rings. The molecule has 1 aliphatic heterocycles. The summed E-state index contributed by atoms with van der Waals surface area (Å²) in [6.45, 7) is -0.113. The summed E-state index contributed by atoms with van der Waals surface area (Å²) < 4.78 is 6.51. The van der Waals surface area contributed by atoms with E-state index in [1.165, 1.54) is 0 Å². The number of benzene rings is 3. The molecule has 35 heavy (non-hydrogen) atoms. The van der Waals surface area contributed by atoms with E-state index in [-0.39, 0.29) is 18.1 Å². The molecule has 4 rings (SSSR count). The Hall–Kier alpha value is -2.78. The van der Waals surface area contributed by atoms with Gasteiger partial charge in [-0.25, -0.2) is 0 Å². The summed E-state index contributed by atoms with van der Waals surface area (Å²) in [7, 11) is 0. The van der Waals surface area contributed by atoms with Crippen LogP contribution in [0, 0.1) is 0 Å². The Labute approximate surface area is 224 Å². The third-order valence-electron chi connectivity index (χ3n) is 4.88. The first-order chi connectivity index (χ1) is 16.8. The molecule has 3 aromatic rings. The van der Waals surface area contributed by atoms with Crippen molar-refractivity contribution >= 4 is 79.7 Å². The summed E-state index contributed by atoms with van der Waals surface area (Å²) in [4.78, 5) is 38.6. The number of carbonyl (C=O) groups excluding carboxylic acids is 3. The Bertz CT molecular complexity index is 1330. The zero-order valence-electron chi connectivity index (χ0n) is 18.0. The average molecular weight is 592 g/mol. The van der Waals surface area contributed by atoms with Crippen LogP contribution in [-0.2, 0) is 16.2 Å². The number of nitrogens with one attached hydrogen (secondary N) is 1. The van der Waals surface area contributed by atoms with Gasteiger partial charge in [-0.3, -0.25) is 19.3 Å². The van der Waals surface area contributed by atoms with Gasteiger partial charge in [0.1, 0.15) is 18.9 Å². The van der Waals surface area contributed by atoms with Crippen LogP contribution in [0.1, 0.15) is 11.1 Å². The fourth-order valence-corrected chi connectivity index (χ4v) is 4.98. The Morgan fingerprint density at radius 2 is 1.83 bits per heavy atom. The minimum absolute atomic E-state index is 0.232. The molecule has 6 nitrogen and oxygen atoms in total. The normalized spacial score (nSPS) is 14.5. The molecule has 1 saturated heterocycles. The number of ether oxygens (including phenoxy) is 1.